The quantitative estimate of drug-likeness (QED) is 0.744. The van der Waals surface area contributed by atoms with Crippen molar-refractivity contribution in [2.75, 3.05) is 45.1 Å². The standard InChI is InChI=1S/C19H22F2N4O2S/c1-24-5-7-25(8-6-24)17(13-4-9-28-12-13)11-22-18(26)19(27)23-14-2-3-15(20)16(21)10-14/h2-4,9-10,12,17H,5-8,11H2,1H3,(H,22,26)(H,23,27)/t17-/m1/s1. The van der Waals surface area contributed by atoms with Gasteiger partial charge in [0.15, 0.2) is 11.6 Å². The van der Waals surface area contributed by atoms with Gasteiger partial charge in [0.05, 0.1) is 6.04 Å². The van der Waals surface area contributed by atoms with E-state index in [1.165, 1.54) is 6.07 Å². The summed E-state index contributed by atoms with van der Waals surface area (Å²) >= 11 is 1.58. The number of likely N-dealkylation sites (N-methyl/N-ethyl adjacent to an activating group) is 1. The highest BCUT2D eigenvalue weighted by atomic mass is 32.1. The molecule has 1 aromatic heterocycles. The fraction of sp³-hybridized carbons (Fsp3) is 0.368. The SMILES string of the molecule is CN1CCN([C@H](CNC(=O)C(=O)Nc2ccc(F)c(F)c2)c2ccsc2)CC1. The summed E-state index contributed by atoms with van der Waals surface area (Å²) in [6.45, 7) is 3.89. The maximum Gasteiger partial charge on any atom is 0.313 e. The van der Waals surface area contributed by atoms with Crippen molar-refractivity contribution in [2.24, 2.45) is 0 Å². The molecule has 2 amide bonds. The number of nitrogens with zero attached hydrogens (tertiary/aromatic N) is 2. The van der Waals surface area contributed by atoms with Gasteiger partial charge in [-0.2, -0.15) is 11.3 Å². The molecule has 1 aliphatic rings. The lowest BCUT2D eigenvalue weighted by Gasteiger charge is -2.37. The molecule has 2 N–H and O–H groups in total. The molecule has 0 radical (unpaired) electrons. The molecule has 1 aromatic carbocycles. The van der Waals surface area contributed by atoms with Gasteiger partial charge in [0.25, 0.3) is 0 Å². The van der Waals surface area contributed by atoms with E-state index in [1.807, 2.05) is 16.8 Å². The maximum atomic E-state index is 13.2. The number of anilines is 1. The zero-order valence-corrected chi connectivity index (χ0v) is 16.3. The molecule has 28 heavy (non-hydrogen) atoms. The molecule has 0 bridgehead atoms. The Hall–Kier alpha value is -2.36. The molecule has 150 valence electrons. The number of carbonyl (C=O) groups excluding carboxylic acids is 2. The van der Waals surface area contributed by atoms with Gasteiger partial charge in [-0.1, -0.05) is 0 Å². The minimum atomic E-state index is -1.09. The van der Waals surface area contributed by atoms with Gasteiger partial charge < -0.3 is 15.5 Å². The lowest BCUT2D eigenvalue weighted by molar-refractivity contribution is -0.136. The van der Waals surface area contributed by atoms with Gasteiger partial charge in [-0.15, -0.1) is 0 Å². The maximum absolute atomic E-state index is 13.2. The van der Waals surface area contributed by atoms with Crippen LogP contribution in [0.4, 0.5) is 14.5 Å². The van der Waals surface area contributed by atoms with Gasteiger partial charge in [-0.25, -0.2) is 8.78 Å². The van der Waals surface area contributed by atoms with E-state index in [9.17, 15) is 18.4 Å². The van der Waals surface area contributed by atoms with Gasteiger partial charge in [0.2, 0.25) is 0 Å². The lowest BCUT2D eigenvalue weighted by atomic mass is 10.1. The number of nitrogens with one attached hydrogen (secondary N) is 2. The Morgan fingerprint density at radius 2 is 1.86 bits per heavy atom. The number of carbonyl (C=O) groups is 2. The summed E-state index contributed by atoms with van der Waals surface area (Å²) in [6, 6.07) is 4.91. The molecular formula is C19H22F2N4O2S. The normalized spacial score (nSPS) is 16.5. The van der Waals surface area contributed by atoms with E-state index >= 15 is 0 Å². The molecule has 1 atom stereocenters. The molecule has 6 nitrogen and oxygen atoms in total. The highest BCUT2D eigenvalue weighted by Crippen LogP contribution is 2.23. The van der Waals surface area contributed by atoms with Crippen LogP contribution in [0.5, 0.6) is 0 Å². The van der Waals surface area contributed by atoms with Gasteiger partial charge in [-0.3, -0.25) is 14.5 Å². The van der Waals surface area contributed by atoms with Crippen LogP contribution in [0.3, 0.4) is 0 Å². The van der Waals surface area contributed by atoms with E-state index < -0.39 is 23.4 Å². The summed E-state index contributed by atoms with van der Waals surface area (Å²) in [5.74, 6) is -3.86. The first-order valence-corrected chi connectivity index (χ1v) is 9.87. The average molecular weight is 408 g/mol. The summed E-state index contributed by atoms with van der Waals surface area (Å²) in [7, 11) is 2.07. The van der Waals surface area contributed by atoms with Crippen LogP contribution >= 0.6 is 11.3 Å². The Labute approximate surface area is 166 Å². The first-order chi connectivity index (χ1) is 13.4. The molecule has 2 aromatic rings. The number of amides is 2. The second-order valence-electron chi connectivity index (χ2n) is 6.70. The number of benzene rings is 1. The minimum Gasteiger partial charge on any atom is -0.346 e. The van der Waals surface area contributed by atoms with E-state index in [-0.39, 0.29) is 18.3 Å². The largest absolute Gasteiger partial charge is 0.346 e. The van der Waals surface area contributed by atoms with Crippen molar-refractivity contribution in [3.05, 3.63) is 52.2 Å². The van der Waals surface area contributed by atoms with Crippen LogP contribution < -0.4 is 10.6 Å². The molecule has 0 aliphatic carbocycles. The third-order valence-electron chi connectivity index (χ3n) is 4.75. The van der Waals surface area contributed by atoms with Crippen LogP contribution in [0.2, 0.25) is 0 Å². The molecule has 1 fully saturated rings. The van der Waals surface area contributed by atoms with Crippen LogP contribution in [-0.2, 0) is 9.59 Å². The number of piperazine rings is 1. The highest BCUT2D eigenvalue weighted by molar-refractivity contribution is 7.08. The third-order valence-corrected chi connectivity index (χ3v) is 5.45. The smallest absolute Gasteiger partial charge is 0.313 e. The Kier molecular flexibility index (Phi) is 6.71. The van der Waals surface area contributed by atoms with Gasteiger partial charge in [0.1, 0.15) is 0 Å². The van der Waals surface area contributed by atoms with Crippen molar-refractivity contribution in [2.45, 2.75) is 6.04 Å². The first kappa shape index (κ1) is 20.4. The van der Waals surface area contributed by atoms with Crippen molar-refractivity contribution in [3.63, 3.8) is 0 Å². The van der Waals surface area contributed by atoms with Crippen LogP contribution in [-0.4, -0.2) is 61.4 Å². The number of halogens is 2. The van der Waals surface area contributed by atoms with Crippen molar-refractivity contribution < 1.29 is 18.4 Å². The Balaban J connectivity index is 1.59. The molecule has 9 heteroatoms. The van der Waals surface area contributed by atoms with E-state index in [4.69, 9.17) is 0 Å². The number of hydrogen-bond acceptors (Lipinski definition) is 5. The number of rotatable bonds is 5. The second-order valence-corrected chi connectivity index (χ2v) is 7.48. The van der Waals surface area contributed by atoms with Crippen LogP contribution in [0.1, 0.15) is 11.6 Å². The molecule has 2 heterocycles. The molecule has 0 spiro atoms. The average Bonchev–Trinajstić information content (AvgIpc) is 3.20. The summed E-state index contributed by atoms with van der Waals surface area (Å²) in [5.41, 5.74) is 1.11. The molecule has 3 rings (SSSR count). The monoisotopic (exact) mass is 408 g/mol. The molecule has 1 saturated heterocycles. The van der Waals surface area contributed by atoms with Crippen molar-refractivity contribution in [1.29, 1.82) is 0 Å². The first-order valence-electron chi connectivity index (χ1n) is 8.93. The zero-order chi connectivity index (χ0) is 20.1. The Bertz CT molecular complexity index is 823. The second kappa shape index (κ2) is 9.22. The topological polar surface area (TPSA) is 64.7 Å². The van der Waals surface area contributed by atoms with Crippen LogP contribution in [0.15, 0.2) is 35.0 Å². The van der Waals surface area contributed by atoms with Gasteiger partial charge >= 0.3 is 11.8 Å². The van der Waals surface area contributed by atoms with E-state index in [0.717, 1.165) is 43.9 Å². The van der Waals surface area contributed by atoms with Crippen LogP contribution in [0.25, 0.3) is 0 Å². The van der Waals surface area contributed by atoms with Crippen molar-refractivity contribution in [3.8, 4) is 0 Å². The highest BCUT2D eigenvalue weighted by Gasteiger charge is 2.25. The molecule has 0 saturated carbocycles. The third kappa shape index (κ3) is 5.12. The summed E-state index contributed by atoms with van der Waals surface area (Å²) in [5, 5.41) is 8.95. The minimum absolute atomic E-state index is 0.0208. The molecular weight excluding hydrogens is 386 g/mol. The molecule has 1 aliphatic heterocycles. The summed E-state index contributed by atoms with van der Waals surface area (Å²) in [4.78, 5) is 28.8. The summed E-state index contributed by atoms with van der Waals surface area (Å²) in [6.07, 6.45) is 0. The summed E-state index contributed by atoms with van der Waals surface area (Å²) < 4.78 is 26.2. The van der Waals surface area contributed by atoms with Crippen molar-refractivity contribution >= 4 is 28.8 Å². The fourth-order valence-electron chi connectivity index (χ4n) is 3.09. The van der Waals surface area contributed by atoms with Gasteiger partial charge in [-0.05, 0) is 41.6 Å². The number of thiophene rings is 1. The van der Waals surface area contributed by atoms with E-state index in [1.54, 1.807) is 11.3 Å². The predicted octanol–water partition coefficient (Wildman–Crippen LogP) is 2.07. The van der Waals surface area contributed by atoms with Crippen LogP contribution in [0, 0.1) is 11.6 Å². The fourth-order valence-corrected chi connectivity index (χ4v) is 3.79. The Morgan fingerprint density at radius 1 is 1.11 bits per heavy atom. The van der Waals surface area contributed by atoms with E-state index in [0.29, 0.717) is 0 Å². The molecule has 0 unspecified atom stereocenters. The number of hydrogen-bond donors (Lipinski definition) is 2. The lowest BCUT2D eigenvalue weighted by Crippen LogP contribution is -2.49. The van der Waals surface area contributed by atoms with Gasteiger partial charge in [0, 0.05) is 44.5 Å². The Morgan fingerprint density at radius 3 is 2.50 bits per heavy atom. The zero-order valence-electron chi connectivity index (χ0n) is 15.5. The predicted molar refractivity (Wildman–Crippen MR) is 104 cm³/mol. The van der Waals surface area contributed by atoms with Crippen molar-refractivity contribution in [1.82, 2.24) is 15.1 Å². The van der Waals surface area contributed by atoms with E-state index in [2.05, 4.69) is 27.5 Å².